The smallest absolute Gasteiger partial charge is 0.230 e. The van der Waals surface area contributed by atoms with Crippen LogP contribution in [0.3, 0.4) is 0 Å². The fourth-order valence-corrected chi connectivity index (χ4v) is 3.81. The van der Waals surface area contributed by atoms with Crippen LogP contribution in [-0.4, -0.2) is 65.1 Å². The van der Waals surface area contributed by atoms with Gasteiger partial charge in [-0.3, -0.25) is 9.69 Å². The van der Waals surface area contributed by atoms with Gasteiger partial charge in [-0.05, 0) is 37.9 Å². The Labute approximate surface area is 148 Å². The number of fused-ring (bicyclic) bond motifs is 1. The van der Waals surface area contributed by atoms with E-state index in [0.717, 1.165) is 22.0 Å². The van der Waals surface area contributed by atoms with Gasteiger partial charge in [0.25, 0.3) is 0 Å². The molecule has 2 atom stereocenters. The summed E-state index contributed by atoms with van der Waals surface area (Å²) in [7, 11) is 1.98. The number of hydrogen-bond acceptors (Lipinski definition) is 3. The first-order valence-corrected chi connectivity index (χ1v) is 8.98. The van der Waals surface area contributed by atoms with E-state index in [-0.39, 0.29) is 24.5 Å². The van der Waals surface area contributed by atoms with Gasteiger partial charge in [-0.2, -0.15) is 0 Å². The standard InChI is InChI=1S/C20H27N3O2/c1-4-23(5-2)20(25)15-11-17(18(13-24)22(3)12-15)16-8-6-7-14-9-10-21-19(14)16/h6-11,15,18,21,24H,4-5,12-13H2,1-3H3/t15-,18-/m1/s1. The van der Waals surface area contributed by atoms with Gasteiger partial charge >= 0.3 is 0 Å². The molecule has 3 rings (SSSR count). The number of nitrogens with zero attached hydrogens (tertiary/aromatic N) is 2. The maximum absolute atomic E-state index is 12.9. The third-order valence-corrected chi connectivity index (χ3v) is 5.22. The summed E-state index contributed by atoms with van der Waals surface area (Å²) in [5.74, 6) is -0.0303. The summed E-state index contributed by atoms with van der Waals surface area (Å²) in [6, 6.07) is 8.09. The lowest BCUT2D eigenvalue weighted by molar-refractivity contribution is -0.134. The number of aliphatic hydroxyl groups is 1. The average Bonchev–Trinajstić information content (AvgIpc) is 3.10. The lowest BCUT2D eigenvalue weighted by Gasteiger charge is -2.37. The molecule has 0 unspecified atom stereocenters. The lowest BCUT2D eigenvalue weighted by Crippen LogP contribution is -2.47. The van der Waals surface area contributed by atoms with Crippen LogP contribution in [-0.2, 0) is 4.79 Å². The summed E-state index contributed by atoms with van der Waals surface area (Å²) in [6.45, 7) is 6.11. The minimum absolute atomic E-state index is 0.0333. The van der Waals surface area contributed by atoms with Crippen molar-refractivity contribution in [1.29, 1.82) is 0 Å². The van der Waals surface area contributed by atoms with E-state index >= 15 is 0 Å². The number of likely N-dealkylation sites (N-methyl/N-ethyl adjacent to an activating group) is 1. The quantitative estimate of drug-likeness (QED) is 0.878. The van der Waals surface area contributed by atoms with E-state index in [4.69, 9.17) is 0 Å². The van der Waals surface area contributed by atoms with Crippen molar-refractivity contribution in [1.82, 2.24) is 14.8 Å². The first-order valence-electron chi connectivity index (χ1n) is 8.98. The number of hydrogen-bond donors (Lipinski definition) is 2. The molecule has 1 aromatic carbocycles. The number of aromatic amines is 1. The SMILES string of the molecule is CCN(CC)C(=O)[C@@H]1C=C(c2cccc3cc[nH]c23)[C@@H](CO)N(C)C1. The third kappa shape index (κ3) is 3.22. The Bertz CT molecular complexity index is 776. The van der Waals surface area contributed by atoms with E-state index in [0.29, 0.717) is 19.6 Å². The molecule has 1 aliphatic heterocycles. The second-order valence-corrected chi connectivity index (χ2v) is 6.62. The molecule has 2 N–H and O–H groups in total. The molecule has 25 heavy (non-hydrogen) atoms. The number of para-hydroxylation sites is 1. The molecule has 5 heteroatoms. The second kappa shape index (κ2) is 7.42. The Balaban J connectivity index is 2.06. The lowest BCUT2D eigenvalue weighted by atomic mass is 9.87. The van der Waals surface area contributed by atoms with Gasteiger partial charge in [-0.15, -0.1) is 0 Å². The van der Waals surface area contributed by atoms with E-state index in [2.05, 4.69) is 28.1 Å². The maximum Gasteiger partial charge on any atom is 0.230 e. The fourth-order valence-electron chi connectivity index (χ4n) is 3.81. The molecule has 0 aliphatic carbocycles. The highest BCUT2D eigenvalue weighted by molar-refractivity contribution is 5.94. The molecule has 1 aromatic heterocycles. The molecular formula is C20H27N3O2. The van der Waals surface area contributed by atoms with Gasteiger partial charge in [0.2, 0.25) is 5.91 Å². The molecule has 2 aromatic rings. The van der Waals surface area contributed by atoms with Gasteiger partial charge in [0.05, 0.1) is 24.1 Å². The number of carbonyl (C=O) groups is 1. The Kier molecular flexibility index (Phi) is 5.25. The average molecular weight is 341 g/mol. The monoisotopic (exact) mass is 341 g/mol. The molecule has 0 spiro atoms. The Morgan fingerprint density at radius 1 is 1.32 bits per heavy atom. The number of carbonyl (C=O) groups excluding carboxylic acids is 1. The zero-order valence-corrected chi connectivity index (χ0v) is 15.2. The van der Waals surface area contributed by atoms with Gasteiger partial charge in [0.1, 0.15) is 0 Å². The molecule has 0 radical (unpaired) electrons. The molecular weight excluding hydrogens is 314 g/mol. The van der Waals surface area contributed by atoms with Gasteiger partial charge in [0, 0.05) is 31.4 Å². The van der Waals surface area contributed by atoms with Gasteiger partial charge in [0.15, 0.2) is 0 Å². The molecule has 1 amide bonds. The van der Waals surface area contributed by atoms with Crippen molar-refractivity contribution in [2.24, 2.45) is 5.92 Å². The number of rotatable bonds is 5. The first-order chi connectivity index (χ1) is 12.1. The number of aromatic nitrogens is 1. The zero-order valence-electron chi connectivity index (χ0n) is 15.2. The summed E-state index contributed by atoms with van der Waals surface area (Å²) in [4.78, 5) is 20.1. The molecule has 0 bridgehead atoms. The third-order valence-electron chi connectivity index (χ3n) is 5.22. The highest BCUT2D eigenvalue weighted by Crippen LogP contribution is 2.33. The van der Waals surface area contributed by atoms with Gasteiger partial charge in [-0.25, -0.2) is 0 Å². The fraction of sp³-hybridized carbons (Fsp3) is 0.450. The minimum atomic E-state index is -0.187. The van der Waals surface area contributed by atoms with Crippen LogP contribution >= 0.6 is 0 Å². The first kappa shape index (κ1) is 17.7. The highest BCUT2D eigenvalue weighted by Gasteiger charge is 2.33. The largest absolute Gasteiger partial charge is 0.394 e. The molecule has 0 saturated carbocycles. The Hall–Kier alpha value is -2.11. The molecule has 1 aliphatic rings. The van der Waals surface area contributed by atoms with E-state index in [1.807, 2.05) is 44.1 Å². The van der Waals surface area contributed by atoms with Crippen LogP contribution in [0.25, 0.3) is 16.5 Å². The summed E-state index contributed by atoms with van der Waals surface area (Å²) < 4.78 is 0. The van der Waals surface area contributed by atoms with Crippen LogP contribution in [0.5, 0.6) is 0 Å². The second-order valence-electron chi connectivity index (χ2n) is 6.62. The maximum atomic E-state index is 12.9. The number of nitrogens with one attached hydrogen (secondary N) is 1. The van der Waals surface area contributed by atoms with Crippen LogP contribution < -0.4 is 0 Å². The molecule has 0 saturated heterocycles. The summed E-state index contributed by atoms with van der Waals surface area (Å²) in [5, 5.41) is 11.1. The molecule has 0 fully saturated rings. The van der Waals surface area contributed by atoms with E-state index in [1.54, 1.807) is 0 Å². The minimum Gasteiger partial charge on any atom is -0.394 e. The zero-order chi connectivity index (χ0) is 18.0. The van der Waals surface area contributed by atoms with Gasteiger partial charge in [-0.1, -0.05) is 24.3 Å². The molecule has 2 heterocycles. The number of H-pyrrole nitrogens is 1. The van der Waals surface area contributed by atoms with E-state index < -0.39 is 0 Å². The number of aliphatic hydroxyl groups excluding tert-OH is 1. The summed E-state index contributed by atoms with van der Waals surface area (Å²) in [6.07, 6.45) is 3.99. The van der Waals surface area contributed by atoms with Crippen molar-refractivity contribution in [2.45, 2.75) is 19.9 Å². The van der Waals surface area contributed by atoms with Gasteiger partial charge < -0.3 is 15.0 Å². The molecule has 134 valence electrons. The van der Waals surface area contributed by atoms with Crippen molar-refractivity contribution in [3.05, 3.63) is 42.1 Å². The topological polar surface area (TPSA) is 59.6 Å². The van der Waals surface area contributed by atoms with Crippen LogP contribution in [0.2, 0.25) is 0 Å². The normalized spacial score (nSPS) is 21.4. The summed E-state index contributed by atoms with van der Waals surface area (Å²) in [5.41, 5.74) is 3.14. The predicted octanol–water partition coefficient (Wildman–Crippen LogP) is 2.34. The van der Waals surface area contributed by atoms with Crippen LogP contribution in [0.1, 0.15) is 19.4 Å². The number of benzene rings is 1. The Morgan fingerprint density at radius 2 is 2.08 bits per heavy atom. The van der Waals surface area contributed by atoms with Crippen molar-refractivity contribution in [2.75, 3.05) is 33.3 Å². The van der Waals surface area contributed by atoms with Crippen LogP contribution in [0, 0.1) is 5.92 Å². The van der Waals surface area contributed by atoms with E-state index in [1.165, 1.54) is 0 Å². The summed E-state index contributed by atoms with van der Waals surface area (Å²) >= 11 is 0. The predicted molar refractivity (Wildman–Crippen MR) is 101 cm³/mol. The van der Waals surface area contributed by atoms with Crippen molar-refractivity contribution in [3.63, 3.8) is 0 Å². The van der Waals surface area contributed by atoms with E-state index in [9.17, 15) is 9.90 Å². The van der Waals surface area contributed by atoms with Crippen LogP contribution in [0.4, 0.5) is 0 Å². The Morgan fingerprint density at radius 3 is 2.76 bits per heavy atom. The van der Waals surface area contributed by atoms with Crippen molar-refractivity contribution < 1.29 is 9.90 Å². The van der Waals surface area contributed by atoms with Crippen molar-refractivity contribution >= 4 is 22.4 Å². The molecule has 5 nitrogen and oxygen atoms in total. The highest BCUT2D eigenvalue weighted by atomic mass is 16.3. The number of amides is 1. The van der Waals surface area contributed by atoms with Crippen LogP contribution in [0.15, 0.2) is 36.5 Å². The van der Waals surface area contributed by atoms with Crippen molar-refractivity contribution in [3.8, 4) is 0 Å².